The Balaban J connectivity index is 1.79. The highest BCUT2D eigenvalue weighted by Gasteiger charge is 2.24. The number of thioether (sulfide) groups is 2. The average molecular weight is 315 g/mol. The molecule has 0 aromatic heterocycles. The first-order valence-corrected chi connectivity index (χ1v) is 8.71. The molecule has 0 saturated carbocycles. The second-order valence-electron chi connectivity index (χ2n) is 4.66. The summed E-state index contributed by atoms with van der Waals surface area (Å²) in [5.74, 6) is 1.91. The molecule has 2 rings (SSSR count). The summed E-state index contributed by atoms with van der Waals surface area (Å²) >= 11 is 3.51. The fourth-order valence-corrected chi connectivity index (χ4v) is 4.21. The summed E-state index contributed by atoms with van der Waals surface area (Å²) in [7, 11) is 0. The first-order valence-electron chi connectivity index (χ1n) is 6.57. The van der Waals surface area contributed by atoms with Crippen LogP contribution in [0.25, 0.3) is 0 Å². The third kappa shape index (κ3) is 5.00. The van der Waals surface area contributed by atoms with Gasteiger partial charge in [0.05, 0.1) is 6.42 Å². The Morgan fingerprint density at radius 1 is 1.45 bits per heavy atom. The fourth-order valence-electron chi connectivity index (χ4n) is 2.18. The van der Waals surface area contributed by atoms with E-state index in [1.54, 1.807) is 23.9 Å². The fraction of sp³-hybridized carbons (Fsp3) is 0.500. The van der Waals surface area contributed by atoms with Gasteiger partial charge in [-0.2, -0.15) is 11.8 Å². The number of rotatable bonds is 6. The molecule has 1 atom stereocenters. The van der Waals surface area contributed by atoms with Crippen molar-refractivity contribution in [2.45, 2.75) is 17.4 Å². The second kappa shape index (κ2) is 7.90. The van der Waals surface area contributed by atoms with E-state index in [4.69, 9.17) is 5.11 Å². The van der Waals surface area contributed by atoms with Crippen molar-refractivity contribution in [3.63, 3.8) is 0 Å². The van der Waals surface area contributed by atoms with Crippen molar-refractivity contribution in [2.75, 3.05) is 30.3 Å². The quantitative estimate of drug-likeness (QED) is 0.818. The molecular formula is C14H18FNO2S2. The molecule has 0 aliphatic carbocycles. The lowest BCUT2D eigenvalue weighted by atomic mass is 10.2. The van der Waals surface area contributed by atoms with Crippen molar-refractivity contribution in [1.82, 2.24) is 4.90 Å². The summed E-state index contributed by atoms with van der Waals surface area (Å²) in [5, 5.41) is 8.94. The lowest BCUT2D eigenvalue weighted by molar-refractivity contribution is -0.138. The van der Waals surface area contributed by atoms with E-state index in [-0.39, 0.29) is 18.3 Å². The van der Waals surface area contributed by atoms with Crippen LogP contribution in [0.15, 0.2) is 29.2 Å². The number of halogens is 1. The Morgan fingerprint density at radius 2 is 2.20 bits per heavy atom. The van der Waals surface area contributed by atoms with Gasteiger partial charge in [0.2, 0.25) is 0 Å². The largest absolute Gasteiger partial charge is 0.481 e. The van der Waals surface area contributed by atoms with Gasteiger partial charge in [-0.25, -0.2) is 4.39 Å². The predicted octanol–water partition coefficient (Wildman–Crippen LogP) is 2.81. The Bertz CT molecular complexity index is 441. The maximum Gasteiger partial charge on any atom is 0.304 e. The molecule has 110 valence electrons. The Morgan fingerprint density at radius 3 is 2.90 bits per heavy atom. The summed E-state index contributed by atoms with van der Waals surface area (Å²) in [4.78, 5) is 14.2. The van der Waals surface area contributed by atoms with Crippen LogP contribution in [0.4, 0.5) is 4.39 Å². The maximum atomic E-state index is 12.8. The lowest BCUT2D eigenvalue weighted by Gasteiger charge is -2.34. The van der Waals surface area contributed by atoms with Crippen molar-refractivity contribution in [3.05, 3.63) is 30.1 Å². The molecule has 1 aliphatic rings. The van der Waals surface area contributed by atoms with Crippen molar-refractivity contribution in [2.24, 2.45) is 0 Å². The van der Waals surface area contributed by atoms with E-state index in [2.05, 4.69) is 4.90 Å². The SMILES string of the molecule is O=C(O)CC1CSCCN1CCSc1ccc(F)cc1. The standard InChI is InChI=1S/C14H18FNO2S2/c15-11-1-3-13(4-2-11)20-8-6-16-5-7-19-10-12(16)9-14(17)18/h1-4,12H,5-10H2,(H,17,18). The van der Waals surface area contributed by atoms with E-state index < -0.39 is 5.97 Å². The van der Waals surface area contributed by atoms with Gasteiger partial charge in [-0.3, -0.25) is 9.69 Å². The first kappa shape index (κ1) is 15.7. The zero-order chi connectivity index (χ0) is 14.4. The molecule has 0 radical (unpaired) electrons. The molecule has 1 unspecified atom stereocenters. The Kier molecular flexibility index (Phi) is 6.19. The molecule has 1 aliphatic heterocycles. The van der Waals surface area contributed by atoms with E-state index in [0.29, 0.717) is 0 Å². The minimum Gasteiger partial charge on any atom is -0.481 e. The van der Waals surface area contributed by atoms with Crippen molar-refractivity contribution in [1.29, 1.82) is 0 Å². The number of hydrogen-bond acceptors (Lipinski definition) is 4. The van der Waals surface area contributed by atoms with E-state index in [0.717, 1.165) is 35.2 Å². The number of carboxylic acid groups (broad SMARTS) is 1. The third-order valence-electron chi connectivity index (χ3n) is 3.22. The van der Waals surface area contributed by atoms with Crippen LogP contribution in [0.2, 0.25) is 0 Å². The highest BCUT2D eigenvalue weighted by Crippen LogP contribution is 2.22. The molecule has 1 N–H and O–H groups in total. The summed E-state index contributed by atoms with van der Waals surface area (Å²) < 4.78 is 12.8. The monoisotopic (exact) mass is 315 g/mol. The van der Waals surface area contributed by atoms with E-state index in [1.807, 2.05) is 11.8 Å². The van der Waals surface area contributed by atoms with Gasteiger partial charge in [-0.1, -0.05) is 0 Å². The normalized spacial score (nSPS) is 19.9. The van der Waals surface area contributed by atoms with Crippen molar-refractivity contribution in [3.8, 4) is 0 Å². The molecule has 1 aromatic rings. The molecule has 0 bridgehead atoms. The highest BCUT2D eigenvalue weighted by molar-refractivity contribution is 7.99. The van der Waals surface area contributed by atoms with Gasteiger partial charge in [0.1, 0.15) is 5.82 Å². The van der Waals surface area contributed by atoms with Gasteiger partial charge in [0.15, 0.2) is 0 Å². The third-order valence-corrected chi connectivity index (χ3v) is 5.30. The first-order chi connectivity index (χ1) is 9.65. The molecular weight excluding hydrogens is 297 g/mol. The molecule has 0 spiro atoms. The molecule has 0 amide bonds. The number of benzene rings is 1. The number of carbonyl (C=O) groups is 1. The summed E-state index contributed by atoms with van der Waals surface area (Å²) in [5.41, 5.74) is 0. The van der Waals surface area contributed by atoms with Gasteiger partial charge in [-0.05, 0) is 24.3 Å². The summed E-state index contributed by atoms with van der Waals surface area (Å²) in [6.07, 6.45) is 0.216. The Labute approximate surface area is 126 Å². The van der Waals surface area contributed by atoms with Gasteiger partial charge in [0, 0.05) is 41.3 Å². The summed E-state index contributed by atoms with van der Waals surface area (Å²) in [6, 6.07) is 6.63. The van der Waals surface area contributed by atoms with Gasteiger partial charge >= 0.3 is 5.97 Å². The molecule has 1 fully saturated rings. The second-order valence-corrected chi connectivity index (χ2v) is 6.98. The minimum absolute atomic E-state index is 0.139. The van der Waals surface area contributed by atoms with Crippen LogP contribution in [0.3, 0.4) is 0 Å². The topological polar surface area (TPSA) is 40.5 Å². The van der Waals surface area contributed by atoms with E-state index >= 15 is 0 Å². The molecule has 6 heteroatoms. The number of hydrogen-bond donors (Lipinski definition) is 1. The highest BCUT2D eigenvalue weighted by atomic mass is 32.2. The predicted molar refractivity (Wildman–Crippen MR) is 82.1 cm³/mol. The van der Waals surface area contributed by atoms with Crippen LogP contribution in [0, 0.1) is 5.82 Å². The lowest BCUT2D eigenvalue weighted by Crippen LogP contribution is -2.44. The van der Waals surface area contributed by atoms with Crippen molar-refractivity contribution < 1.29 is 14.3 Å². The average Bonchev–Trinajstić information content (AvgIpc) is 2.42. The molecule has 1 saturated heterocycles. The van der Waals surface area contributed by atoms with Crippen LogP contribution in [-0.4, -0.2) is 52.4 Å². The van der Waals surface area contributed by atoms with Gasteiger partial charge in [-0.15, -0.1) is 11.8 Å². The minimum atomic E-state index is -0.728. The smallest absolute Gasteiger partial charge is 0.304 e. The zero-order valence-corrected chi connectivity index (χ0v) is 12.8. The van der Waals surface area contributed by atoms with Gasteiger partial charge < -0.3 is 5.11 Å². The van der Waals surface area contributed by atoms with Crippen LogP contribution >= 0.6 is 23.5 Å². The van der Waals surface area contributed by atoms with Crippen LogP contribution in [0.5, 0.6) is 0 Å². The van der Waals surface area contributed by atoms with E-state index in [1.165, 1.54) is 12.1 Å². The molecule has 3 nitrogen and oxygen atoms in total. The molecule has 20 heavy (non-hydrogen) atoms. The number of carboxylic acids is 1. The maximum absolute atomic E-state index is 12.8. The molecule has 1 heterocycles. The van der Waals surface area contributed by atoms with Gasteiger partial charge in [0.25, 0.3) is 0 Å². The van der Waals surface area contributed by atoms with Crippen LogP contribution in [0.1, 0.15) is 6.42 Å². The van der Waals surface area contributed by atoms with Crippen molar-refractivity contribution >= 4 is 29.5 Å². The van der Waals surface area contributed by atoms with Crippen LogP contribution in [-0.2, 0) is 4.79 Å². The Hall–Kier alpha value is -0.720. The van der Waals surface area contributed by atoms with E-state index in [9.17, 15) is 9.18 Å². The summed E-state index contributed by atoms with van der Waals surface area (Å²) in [6.45, 7) is 1.83. The number of nitrogens with zero attached hydrogens (tertiary/aromatic N) is 1. The zero-order valence-electron chi connectivity index (χ0n) is 11.1. The van der Waals surface area contributed by atoms with Crippen LogP contribution < -0.4 is 0 Å². The number of aliphatic carboxylic acids is 1. The molecule has 1 aromatic carbocycles.